The quantitative estimate of drug-likeness (QED) is 0.494. The molecule has 0 atom stereocenters. The Balaban J connectivity index is 2.28. The van der Waals surface area contributed by atoms with Crippen LogP contribution in [0.4, 0.5) is 13.2 Å². The lowest BCUT2D eigenvalue weighted by molar-refractivity contribution is -0.274. The van der Waals surface area contributed by atoms with Crippen molar-refractivity contribution in [3.05, 3.63) is 70.8 Å². The highest BCUT2D eigenvalue weighted by Gasteiger charge is 2.31. The second kappa shape index (κ2) is 6.12. The van der Waals surface area contributed by atoms with Gasteiger partial charge in [0.1, 0.15) is 5.75 Å². The number of rotatable bonds is 3. The fraction of sp³-hybridized carbons (Fsp3) is 0.0667. The van der Waals surface area contributed by atoms with Crippen molar-refractivity contribution in [2.75, 3.05) is 0 Å². The molecule has 0 unspecified atom stereocenters. The fourth-order valence-electron chi connectivity index (χ4n) is 1.80. The summed E-state index contributed by atoms with van der Waals surface area (Å²) in [5.74, 6) is -0.367. The Morgan fingerprint density at radius 3 is 1.91 bits per heavy atom. The van der Waals surface area contributed by atoms with Crippen molar-refractivity contribution in [2.24, 2.45) is 0 Å². The molecule has 0 saturated carbocycles. The number of hydrogen-bond acceptors (Lipinski definition) is 2. The summed E-state index contributed by atoms with van der Waals surface area (Å²) in [7, 11) is 0. The van der Waals surface area contributed by atoms with Crippen molar-refractivity contribution in [1.29, 1.82) is 5.26 Å². The molecular formula is C15H8F3N3O. The molecule has 0 bridgehead atoms. The van der Waals surface area contributed by atoms with E-state index >= 15 is 0 Å². The molecule has 0 heterocycles. The first-order valence-corrected chi connectivity index (χ1v) is 6.02. The molecule has 0 aliphatic carbocycles. The molecule has 0 radical (unpaired) electrons. The number of nitrogens with zero attached hydrogens (tertiary/aromatic N) is 3. The normalized spacial score (nSPS) is 10.5. The molecular weight excluding hydrogens is 295 g/mol. The topological polar surface area (TPSA) is 69.4 Å². The van der Waals surface area contributed by atoms with Gasteiger partial charge in [0.25, 0.3) is 0 Å². The average molecular weight is 303 g/mol. The van der Waals surface area contributed by atoms with Gasteiger partial charge in [-0.2, -0.15) is 10.1 Å². The molecule has 2 aromatic rings. The van der Waals surface area contributed by atoms with Gasteiger partial charge in [-0.25, -0.2) is 0 Å². The van der Waals surface area contributed by atoms with E-state index in [1.165, 1.54) is 12.1 Å². The highest BCUT2D eigenvalue weighted by molar-refractivity contribution is 6.09. The van der Waals surface area contributed by atoms with Crippen LogP contribution in [0, 0.1) is 11.3 Å². The third kappa shape index (κ3) is 3.72. The van der Waals surface area contributed by atoms with Gasteiger partial charge < -0.3 is 10.3 Å². The summed E-state index contributed by atoms with van der Waals surface area (Å²) in [5, 5.41) is 8.73. The molecule has 2 rings (SSSR count). The molecule has 0 N–H and O–H groups in total. The van der Waals surface area contributed by atoms with Crippen LogP contribution < -0.4 is 4.74 Å². The number of alkyl halides is 3. The van der Waals surface area contributed by atoms with E-state index < -0.39 is 6.36 Å². The number of halogens is 3. The highest BCUT2D eigenvalue weighted by Crippen LogP contribution is 2.23. The van der Waals surface area contributed by atoms with Gasteiger partial charge in [-0.3, -0.25) is 0 Å². The molecule has 0 aliphatic rings. The van der Waals surface area contributed by atoms with Crippen LogP contribution in [0.2, 0.25) is 0 Å². The smallest absolute Gasteiger partial charge is 0.406 e. The Hall–Kier alpha value is -3.10. The van der Waals surface area contributed by atoms with Crippen molar-refractivity contribution in [3.8, 4) is 11.8 Å². The lowest BCUT2D eigenvalue weighted by atomic mass is 10.0. The predicted molar refractivity (Wildman–Crippen MR) is 71.1 cm³/mol. The molecule has 0 spiro atoms. The Bertz CT molecular complexity index is 753. The maximum absolute atomic E-state index is 12.1. The molecule has 0 aliphatic heterocycles. The SMILES string of the molecule is N#Cc1ccc(C(=[N+]=[N-])c2ccc(OC(F)(F)F)cc2)cc1. The predicted octanol–water partition coefficient (Wildman–Crippen LogP) is 3.52. The minimum atomic E-state index is -4.76. The van der Waals surface area contributed by atoms with Gasteiger partial charge in [0.05, 0.1) is 22.8 Å². The molecule has 0 aromatic heterocycles. The molecule has 0 fully saturated rings. The minimum absolute atomic E-state index is 0.169. The zero-order valence-electron chi connectivity index (χ0n) is 11.0. The second-order valence-electron chi connectivity index (χ2n) is 4.21. The number of benzene rings is 2. The summed E-state index contributed by atoms with van der Waals surface area (Å²) >= 11 is 0. The first-order valence-electron chi connectivity index (χ1n) is 6.02. The van der Waals surface area contributed by atoms with Crippen LogP contribution >= 0.6 is 0 Å². The first-order chi connectivity index (χ1) is 10.4. The van der Waals surface area contributed by atoms with Crippen LogP contribution in [0.5, 0.6) is 5.75 Å². The van der Waals surface area contributed by atoms with Crippen molar-refractivity contribution in [2.45, 2.75) is 6.36 Å². The standard InChI is InChI=1S/C15H8F3N3O/c16-15(17,18)22-13-7-5-12(6-8-13)14(21-20)11-3-1-10(9-19)2-4-11/h1-8H. The fourth-order valence-corrected chi connectivity index (χ4v) is 1.80. The van der Waals surface area contributed by atoms with E-state index in [9.17, 15) is 13.2 Å². The van der Waals surface area contributed by atoms with Gasteiger partial charge in [-0.05, 0) is 48.5 Å². The number of hydrogen-bond donors (Lipinski definition) is 0. The van der Waals surface area contributed by atoms with Gasteiger partial charge in [0, 0.05) is 0 Å². The molecule has 2 aromatic carbocycles. The molecule has 7 heteroatoms. The summed E-state index contributed by atoms with van der Waals surface area (Å²) in [6.45, 7) is 0. The van der Waals surface area contributed by atoms with Gasteiger partial charge in [0.15, 0.2) is 0 Å². The van der Waals surface area contributed by atoms with Crippen molar-refractivity contribution in [1.82, 2.24) is 0 Å². The second-order valence-corrected chi connectivity index (χ2v) is 4.21. The maximum Gasteiger partial charge on any atom is 0.573 e. The summed E-state index contributed by atoms with van der Waals surface area (Å²) in [5.41, 5.74) is 10.7. The largest absolute Gasteiger partial charge is 0.573 e. The Labute approximate surface area is 123 Å². The molecule has 0 amide bonds. The van der Waals surface area contributed by atoms with Gasteiger partial charge in [-0.15, -0.1) is 13.2 Å². The van der Waals surface area contributed by atoms with Gasteiger partial charge in [0.2, 0.25) is 0 Å². The van der Waals surface area contributed by atoms with Crippen LogP contribution in [0.25, 0.3) is 5.53 Å². The van der Waals surface area contributed by atoms with Crippen LogP contribution in [0.3, 0.4) is 0 Å². The van der Waals surface area contributed by atoms with Crippen LogP contribution in [-0.4, -0.2) is 16.9 Å². The lowest BCUT2D eigenvalue weighted by Gasteiger charge is -2.08. The summed E-state index contributed by atoms with van der Waals surface area (Å²) < 4.78 is 40.0. The van der Waals surface area contributed by atoms with E-state index in [4.69, 9.17) is 10.8 Å². The van der Waals surface area contributed by atoms with Gasteiger partial charge in [-0.1, -0.05) is 0 Å². The highest BCUT2D eigenvalue weighted by atomic mass is 19.4. The monoisotopic (exact) mass is 303 g/mol. The average Bonchev–Trinajstić information content (AvgIpc) is 2.49. The van der Waals surface area contributed by atoms with Crippen LogP contribution in [0.1, 0.15) is 16.7 Å². The van der Waals surface area contributed by atoms with Crippen molar-refractivity contribution in [3.63, 3.8) is 0 Å². The van der Waals surface area contributed by atoms with E-state index in [0.717, 1.165) is 12.1 Å². The van der Waals surface area contributed by atoms with Crippen molar-refractivity contribution < 1.29 is 22.7 Å². The Kier molecular flexibility index (Phi) is 4.25. The zero-order chi connectivity index (χ0) is 16.2. The van der Waals surface area contributed by atoms with E-state index in [-0.39, 0.29) is 11.5 Å². The molecule has 0 saturated heterocycles. The van der Waals surface area contributed by atoms with Crippen LogP contribution in [-0.2, 0) is 0 Å². The van der Waals surface area contributed by atoms with E-state index in [1.807, 2.05) is 6.07 Å². The molecule has 22 heavy (non-hydrogen) atoms. The first kappa shape index (κ1) is 15.3. The minimum Gasteiger partial charge on any atom is -0.406 e. The Morgan fingerprint density at radius 2 is 1.50 bits per heavy atom. The summed E-state index contributed by atoms with van der Waals surface area (Å²) in [6.07, 6.45) is -4.76. The van der Waals surface area contributed by atoms with Crippen LogP contribution in [0.15, 0.2) is 48.5 Å². The summed E-state index contributed by atoms with van der Waals surface area (Å²) in [6, 6.07) is 13.1. The number of ether oxygens (including phenoxy) is 1. The summed E-state index contributed by atoms with van der Waals surface area (Å²) in [4.78, 5) is 3.16. The lowest BCUT2D eigenvalue weighted by Crippen LogP contribution is -2.17. The van der Waals surface area contributed by atoms with E-state index in [2.05, 4.69) is 9.53 Å². The third-order valence-electron chi connectivity index (χ3n) is 2.75. The zero-order valence-corrected chi connectivity index (χ0v) is 11.0. The van der Waals surface area contributed by atoms with Gasteiger partial charge >= 0.3 is 12.1 Å². The van der Waals surface area contributed by atoms with E-state index in [0.29, 0.717) is 16.7 Å². The third-order valence-corrected chi connectivity index (χ3v) is 2.75. The Morgan fingerprint density at radius 1 is 1.00 bits per heavy atom. The van der Waals surface area contributed by atoms with E-state index in [1.54, 1.807) is 24.3 Å². The maximum atomic E-state index is 12.1. The molecule has 110 valence electrons. The molecule has 4 nitrogen and oxygen atoms in total. The van der Waals surface area contributed by atoms with Crippen molar-refractivity contribution >= 4 is 5.71 Å². The number of nitriles is 1.